The van der Waals surface area contributed by atoms with Crippen LogP contribution in [0.4, 0.5) is 18.9 Å². The fraction of sp³-hybridized carbons (Fsp3) is 0.324. The second-order valence-electron chi connectivity index (χ2n) is 33.7. The maximum atomic E-state index is 13.0. The molecule has 1 atom stereocenters. The van der Waals surface area contributed by atoms with E-state index in [1.54, 1.807) is 113 Å². The molecule has 5 aromatic carbocycles. The molecular formula is C105H109F3N10O22S. The number of carbonyl (C=O) groups excluding carboxylic acids is 4. The number of aromatic nitrogens is 8. The molecule has 141 heavy (non-hydrogen) atoms. The zero-order chi connectivity index (χ0) is 100. The fourth-order valence-electron chi connectivity index (χ4n) is 18.3. The summed E-state index contributed by atoms with van der Waals surface area (Å²) in [6, 6.07) is 40.0. The first-order valence-corrected chi connectivity index (χ1v) is 47.4. The van der Waals surface area contributed by atoms with E-state index in [0.29, 0.717) is 139 Å². The number of benzene rings is 5. The Labute approximate surface area is 812 Å². The Morgan fingerprint density at radius 1 is 0.433 bits per heavy atom. The minimum atomic E-state index is -5.94. The van der Waals surface area contributed by atoms with Gasteiger partial charge in [-0.2, -0.15) is 21.6 Å². The standard InChI is InChI=1S/C25H27N3O4.C23H24N2O4.C22H19F3N2O6S.C21H20N2O4.C14H19NO4/c1-3-32-25(29)22-15-20(18-5-4-7-26-16-18)24-19-14-21(27-9-11-31-12-10-27)23(30-2)13-17(19)6-8-28(22)24;1-14(2)29-21-12-18-15(10-20(21)27-3)7-9-25-19(23(26)28-4)11-17(22(18)25)16-6-5-8-24-13-16;1-3-32-21(28)17-10-15(14-5-4-7-26-12-14)20-16-11-19(33-34(29,30)22(23,24)25)18(31-2)9-13(16)6-8-27(17)20;1-3-27-21(25)17-10-15(14-5-4-7-22-12-14)20-16-11-18(24)19(26-2)9-13(16)6-8-23(17)20;1-8(2)19-12-7-10-9(6-11(12)18-3)4-5-15-13(10)14(16)17/h4-5,7,13-16H,3,6,8-12H2,1-2H3;5-6,8,10-14H,7,9H2,1-4H3;4-5,7,9-12H,3,6,8H2,1-2H3;4-5,7,9-12,24H,3,6,8H2,1-2H3;6-8,13,15H,4-5H2,1-3H3,(H,16,17). The average molecular weight is 1950 g/mol. The van der Waals surface area contributed by atoms with Crippen molar-refractivity contribution in [1.82, 2.24) is 43.5 Å². The lowest BCUT2D eigenvalue weighted by molar-refractivity contribution is -0.139. The van der Waals surface area contributed by atoms with E-state index in [0.717, 1.165) is 140 Å². The highest BCUT2D eigenvalue weighted by Crippen LogP contribution is 2.51. The van der Waals surface area contributed by atoms with Crippen LogP contribution in [0.1, 0.15) is 130 Å². The lowest BCUT2D eigenvalue weighted by Crippen LogP contribution is -2.36. The Morgan fingerprint density at radius 2 is 0.780 bits per heavy atom. The minimum absolute atomic E-state index is 0.00628. The van der Waals surface area contributed by atoms with Gasteiger partial charge in [0.15, 0.2) is 46.0 Å². The topological polar surface area (TPSA) is 366 Å². The van der Waals surface area contributed by atoms with Crippen LogP contribution in [0.5, 0.6) is 51.7 Å². The maximum Gasteiger partial charge on any atom is 0.534 e. The number of carbonyl (C=O) groups is 5. The van der Waals surface area contributed by atoms with Crippen molar-refractivity contribution in [3.8, 4) is 141 Å². The smallest absolute Gasteiger partial charge is 0.504 e. The Kier molecular flexibility index (Phi) is 31.2. The van der Waals surface area contributed by atoms with Gasteiger partial charge in [-0.1, -0.05) is 24.3 Å². The molecule has 0 radical (unpaired) electrons. The van der Waals surface area contributed by atoms with Crippen LogP contribution in [-0.4, -0.2) is 200 Å². The number of alkyl halides is 3. The zero-order valence-corrected chi connectivity index (χ0v) is 81.0. The normalized spacial score (nSPS) is 13.9. The largest absolute Gasteiger partial charge is 0.534 e. The van der Waals surface area contributed by atoms with Crippen LogP contribution in [0, 0.1) is 0 Å². The number of pyridine rings is 4. The highest BCUT2D eigenvalue weighted by Gasteiger charge is 2.49. The summed E-state index contributed by atoms with van der Waals surface area (Å²) in [5, 5.41) is 22.6. The minimum Gasteiger partial charge on any atom is -0.504 e. The number of carboxylic acid groups (broad SMARTS) is 1. The summed E-state index contributed by atoms with van der Waals surface area (Å²) in [7, 11) is 3.16. The van der Waals surface area contributed by atoms with E-state index in [4.69, 9.17) is 56.8 Å². The summed E-state index contributed by atoms with van der Waals surface area (Å²) >= 11 is 0. The summed E-state index contributed by atoms with van der Waals surface area (Å²) in [4.78, 5) is 80.8. The van der Waals surface area contributed by atoms with Crippen molar-refractivity contribution < 1.29 is 117 Å². The number of morpholine rings is 1. The molecule has 6 aliphatic rings. The van der Waals surface area contributed by atoms with Crippen molar-refractivity contribution in [2.24, 2.45) is 0 Å². The van der Waals surface area contributed by atoms with E-state index in [2.05, 4.69) is 51.0 Å². The number of nitrogens with zero attached hydrogens (tertiary/aromatic N) is 9. The first-order chi connectivity index (χ1) is 68.0. The number of phenolic OH excluding ortho intramolecular Hbond substituents is 1. The number of methoxy groups -OCH3 is 6. The third-order valence-corrected chi connectivity index (χ3v) is 25.4. The molecule has 738 valence electrons. The summed E-state index contributed by atoms with van der Waals surface area (Å²) in [6.45, 7) is 20.0. The molecule has 1 fully saturated rings. The van der Waals surface area contributed by atoms with Crippen molar-refractivity contribution in [2.45, 2.75) is 131 Å². The number of rotatable bonds is 24. The molecule has 14 heterocycles. The second kappa shape index (κ2) is 43.9. The first kappa shape index (κ1) is 100. The number of hydrogen-bond acceptors (Lipinski definition) is 27. The van der Waals surface area contributed by atoms with Crippen LogP contribution in [0.25, 0.3) is 89.5 Å². The van der Waals surface area contributed by atoms with Gasteiger partial charge in [-0.25, -0.2) is 19.2 Å². The van der Waals surface area contributed by atoms with Crippen LogP contribution in [0.2, 0.25) is 0 Å². The van der Waals surface area contributed by atoms with Crippen LogP contribution >= 0.6 is 0 Å². The van der Waals surface area contributed by atoms with E-state index in [1.807, 2.05) is 129 Å². The van der Waals surface area contributed by atoms with Crippen molar-refractivity contribution in [2.75, 3.05) is 100 Å². The molecule has 6 aliphatic heterocycles. The number of aryl methyl sites for hydroxylation is 4. The Morgan fingerprint density at radius 3 is 1.13 bits per heavy atom. The molecule has 3 N–H and O–H groups in total. The molecule has 1 unspecified atom stereocenters. The van der Waals surface area contributed by atoms with E-state index < -0.39 is 39.4 Å². The van der Waals surface area contributed by atoms with Gasteiger partial charge in [-0.05, 0) is 223 Å². The fourth-order valence-corrected chi connectivity index (χ4v) is 18.7. The van der Waals surface area contributed by atoms with Gasteiger partial charge in [-0.3, -0.25) is 24.7 Å². The number of nitrogens with one attached hydrogen (secondary N) is 1. The number of anilines is 1. The number of phenols is 1. The third kappa shape index (κ3) is 21.2. The molecule has 0 bridgehead atoms. The number of aromatic hydroxyl groups is 1. The lowest BCUT2D eigenvalue weighted by Gasteiger charge is -2.32. The molecule has 8 aromatic heterocycles. The number of ether oxygens (including phenoxy) is 12. The maximum absolute atomic E-state index is 13.0. The molecule has 36 heteroatoms. The van der Waals surface area contributed by atoms with Crippen LogP contribution in [0.3, 0.4) is 0 Å². The number of halogens is 3. The SMILES string of the molecule is CCOC(=O)c1cc(-c2cccnc2)c2n1CCc1cc(OC)c(N3CCOCC3)cc1-2.CCOC(=O)c1cc(-c2cccnc2)c2n1CCc1cc(OC)c(O)cc1-2.CCOC(=O)c1cc(-c2cccnc2)c2n1CCc1cc(OC)c(OS(=O)(=O)C(F)(F)F)cc1-2.COC(=O)c1cc(-c2cccnc2)c2n1CCc1cc(OC)c(OC(C)C)cc1-2.COc1cc2c(cc1OC(C)C)C(C(=O)O)NCC2. The van der Waals surface area contributed by atoms with E-state index in [1.165, 1.54) is 39.0 Å². The first-order valence-electron chi connectivity index (χ1n) is 46.0. The molecule has 0 amide bonds. The van der Waals surface area contributed by atoms with Crippen LogP contribution in [0.15, 0.2) is 183 Å². The predicted molar refractivity (Wildman–Crippen MR) is 520 cm³/mol. The average Bonchev–Trinajstić information content (AvgIpc) is 1.62. The quantitative estimate of drug-likeness (QED) is 0.0219. The predicted octanol–water partition coefficient (Wildman–Crippen LogP) is 17.8. The van der Waals surface area contributed by atoms with Gasteiger partial charge in [-0.15, -0.1) is 0 Å². The van der Waals surface area contributed by atoms with Crippen molar-refractivity contribution in [3.05, 3.63) is 239 Å². The molecule has 32 nitrogen and oxygen atoms in total. The van der Waals surface area contributed by atoms with E-state index in [-0.39, 0.29) is 53.9 Å². The number of carboxylic acids is 1. The van der Waals surface area contributed by atoms with E-state index in [9.17, 15) is 55.8 Å². The van der Waals surface area contributed by atoms with Crippen molar-refractivity contribution >= 4 is 45.7 Å². The van der Waals surface area contributed by atoms with Gasteiger partial charge in [0, 0.05) is 162 Å². The highest BCUT2D eigenvalue weighted by atomic mass is 32.2. The monoisotopic (exact) mass is 1950 g/mol. The zero-order valence-electron chi connectivity index (χ0n) is 80.2. The Hall–Kier alpha value is -15.2. The van der Waals surface area contributed by atoms with Crippen molar-refractivity contribution in [3.63, 3.8) is 0 Å². The van der Waals surface area contributed by atoms with Gasteiger partial charge in [0.05, 0.1) is 116 Å². The van der Waals surface area contributed by atoms with E-state index >= 15 is 0 Å². The van der Waals surface area contributed by atoms with Gasteiger partial charge in [0.2, 0.25) is 0 Å². The third-order valence-electron chi connectivity index (χ3n) is 24.4. The molecule has 0 spiro atoms. The summed E-state index contributed by atoms with van der Waals surface area (Å²) < 4.78 is 140. The van der Waals surface area contributed by atoms with Crippen molar-refractivity contribution in [1.29, 1.82) is 0 Å². The molecular weight excluding hydrogens is 1840 g/mol. The van der Waals surface area contributed by atoms with Gasteiger partial charge < -0.3 is 99.7 Å². The molecule has 0 saturated carbocycles. The molecule has 1 saturated heterocycles. The summed E-state index contributed by atoms with van der Waals surface area (Å²) in [5.74, 6) is 0.811. The van der Waals surface area contributed by atoms with Crippen LogP contribution in [-0.2, 0) is 96.9 Å². The molecule has 19 rings (SSSR count). The summed E-state index contributed by atoms with van der Waals surface area (Å²) in [5.41, 5.74) is 16.8. The number of esters is 4. The number of hydrogen-bond donors (Lipinski definition) is 3. The second-order valence-corrected chi connectivity index (χ2v) is 35.2. The Balaban J connectivity index is 0.000000135. The Bertz CT molecular complexity index is 6900. The highest BCUT2D eigenvalue weighted by molar-refractivity contribution is 7.88. The van der Waals surface area contributed by atoms with Gasteiger partial charge in [0.1, 0.15) is 34.6 Å². The number of fused-ring (bicyclic) bond motifs is 13. The van der Waals surface area contributed by atoms with Gasteiger partial charge >= 0.3 is 45.5 Å². The van der Waals surface area contributed by atoms with Gasteiger partial charge in [0.25, 0.3) is 0 Å². The van der Waals surface area contributed by atoms with Crippen LogP contribution < -0.4 is 47.6 Å². The molecule has 13 aromatic rings. The lowest BCUT2D eigenvalue weighted by atomic mass is 9.93. The number of aliphatic carboxylic acids is 1. The summed E-state index contributed by atoms with van der Waals surface area (Å²) in [6.07, 6.45) is 17.3. The molecule has 0 aliphatic carbocycles.